The van der Waals surface area contributed by atoms with Crippen LogP contribution >= 0.6 is 15.9 Å². The summed E-state index contributed by atoms with van der Waals surface area (Å²) in [5.74, 6) is 1.07. The van der Waals surface area contributed by atoms with E-state index in [4.69, 9.17) is 10.5 Å². The van der Waals surface area contributed by atoms with Gasteiger partial charge in [-0.15, -0.1) is 0 Å². The molecule has 0 aliphatic carbocycles. The number of nitrogens with zero attached hydrogens (tertiary/aromatic N) is 2. The van der Waals surface area contributed by atoms with Crippen LogP contribution in [0, 0.1) is 6.92 Å². The summed E-state index contributed by atoms with van der Waals surface area (Å²) >= 11 is 3.49. The van der Waals surface area contributed by atoms with Crippen LogP contribution < -0.4 is 10.6 Å². The van der Waals surface area contributed by atoms with Gasteiger partial charge in [-0.05, 0) is 60.3 Å². The van der Waals surface area contributed by atoms with Crippen molar-refractivity contribution in [2.75, 3.05) is 31.1 Å². The topological polar surface area (TPSA) is 51.4 Å². The van der Waals surface area contributed by atoms with Crippen LogP contribution in [-0.4, -0.2) is 37.3 Å². The van der Waals surface area contributed by atoms with Crippen LogP contribution in [0.4, 0.5) is 5.82 Å². The van der Waals surface area contributed by atoms with Gasteiger partial charge in [-0.25, -0.2) is 4.98 Å². The van der Waals surface area contributed by atoms with Crippen LogP contribution in [0.1, 0.15) is 24.8 Å². The number of aromatic nitrogens is 1. The molecule has 5 heteroatoms. The molecule has 0 radical (unpaired) electrons. The van der Waals surface area contributed by atoms with Gasteiger partial charge in [-0.3, -0.25) is 0 Å². The number of piperidine rings is 1. The molecule has 0 bridgehead atoms. The summed E-state index contributed by atoms with van der Waals surface area (Å²) < 4.78 is 6.88. The van der Waals surface area contributed by atoms with Crippen molar-refractivity contribution in [2.45, 2.75) is 32.3 Å². The van der Waals surface area contributed by atoms with E-state index in [1.165, 1.54) is 5.56 Å². The molecule has 0 amide bonds. The molecular formula is C14H22BrN3O. The fourth-order valence-corrected chi connectivity index (χ4v) is 2.50. The second-order valence-corrected chi connectivity index (χ2v) is 5.85. The highest BCUT2D eigenvalue weighted by Gasteiger charge is 2.20. The van der Waals surface area contributed by atoms with Crippen LogP contribution in [0.5, 0.6) is 0 Å². The van der Waals surface area contributed by atoms with Gasteiger partial charge >= 0.3 is 0 Å². The van der Waals surface area contributed by atoms with Crippen molar-refractivity contribution in [1.29, 1.82) is 0 Å². The molecule has 0 aromatic carbocycles. The molecule has 1 aromatic heterocycles. The summed E-state index contributed by atoms with van der Waals surface area (Å²) in [6, 6.07) is 2.14. The van der Waals surface area contributed by atoms with Crippen LogP contribution in [-0.2, 0) is 4.74 Å². The minimum Gasteiger partial charge on any atom is -0.378 e. The summed E-state index contributed by atoms with van der Waals surface area (Å²) in [5.41, 5.74) is 6.70. The third kappa shape index (κ3) is 4.16. The van der Waals surface area contributed by atoms with Crippen molar-refractivity contribution >= 4 is 21.7 Å². The maximum atomic E-state index is 5.82. The number of anilines is 1. The maximum absolute atomic E-state index is 5.82. The van der Waals surface area contributed by atoms with Crippen molar-refractivity contribution in [1.82, 2.24) is 4.98 Å². The molecule has 0 saturated carbocycles. The Morgan fingerprint density at radius 3 is 2.84 bits per heavy atom. The molecule has 1 aliphatic heterocycles. The molecule has 0 spiro atoms. The van der Waals surface area contributed by atoms with Crippen molar-refractivity contribution in [3.05, 3.63) is 22.3 Å². The predicted molar refractivity (Wildman–Crippen MR) is 81.5 cm³/mol. The zero-order valence-electron chi connectivity index (χ0n) is 11.4. The van der Waals surface area contributed by atoms with Crippen molar-refractivity contribution < 1.29 is 4.74 Å². The van der Waals surface area contributed by atoms with Crippen molar-refractivity contribution in [3.63, 3.8) is 0 Å². The quantitative estimate of drug-likeness (QED) is 0.844. The van der Waals surface area contributed by atoms with E-state index in [0.717, 1.165) is 49.2 Å². The average molecular weight is 328 g/mol. The van der Waals surface area contributed by atoms with Crippen molar-refractivity contribution in [3.8, 4) is 0 Å². The van der Waals surface area contributed by atoms with E-state index in [0.29, 0.717) is 12.6 Å². The Morgan fingerprint density at radius 2 is 2.21 bits per heavy atom. The van der Waals surface area contributed by atoms with Gasteiger partial charge in [0.05, 0.1) is 6.10 Å². The summed E-state index contributed by atoms with van der Waals surface area (Å²) in [7, 11) is 0. The molecule has 0 unspecified atom stereocenters. The molecule has 1 aromatic rings. The Morgan fingerprint density at radius 1 is 1.47 bits per heavy atom. The van der Waals surface area contributed by atoms with Gasteiger partial charge in [0.2, 0.25) is 0 Å². The first-order chi connectivity index (χ1) is 9.20. The molecule has 0 atom stereocenters. The fraction of sp³-hybridized carbons (Fsp3) is 0.643. The number of ether oxygens (including phenoxy) is 1. The lowest BCUT2D eigenvalue weighted by atomic mass is 10.1. The smallest absolute Gasteiger partial charge is 0.128 e. The van der Waals surface area contributed by atoms with Gasteiger partial charge in [0, 0.05) is 30.4 Å². The van der Waals surface area contributed by atoms with Gasteiger partial charge in [-0.1, -0.05) is 0 Å². The average Bonchev–Trinajstić information content (AvgIpc) is 2.43. The summed E-state index contributed by atoms with van der Waals surface area (Å²) in [4.78, 5) is 6.82. The highest BCUT2D eigenvalue weighted by Crippen LogP contribution is 2.23. The number of rotatable bonds is 5. The molecule has 106 valence electrons. The number of halogens is 1. The van der Waals surface area contributed by atoms with E-state index in [2.05, 4.69) is 38.8 Å². The molecule has 1 saturated heterocycles. The summed E-state index contributed by atoms with van der Waals surface area (Å²) in [6.07, 6.45) is 5.37. The van der Waals surface area contributed by atoms with Crippen LogP contribution in [0.3, 0.4) is 0 Å². The Labute approximate surface area is 123 Å². The lowest BCUT2D eigenvalue weighted by Gasteiger charge is -2.33. The zero-order valence-corrected chi connectivity index (χ0v) is 13.0. The molecule has 4 nitrogen and oxygen atoms in total. The zero-order chi connectivity index (χ0) is 13.7. The van der Waals surface area contributed by atoms with Gasteiger partial charge in [-0.2, -0.15) is 0 Å². The molecule has 1 fully saturated rings. The molecule has 19 heavy (non-hydrogen) atoms. The molecule has 2 heterocycles. The lowest BCUT2D eigenvalue weighted by molar-refractivity contribution is 0.0365. The van der Waals surface area contributed by atoms with Crippen LogP contribution in [0.2, 0.25) is 0 Å². The van der Waals surface area contributed by atoms with Crippen LogP contribution in [0.15, 0.2) is 16.7 Å². The second kappa shape index (κ2) is 7.22. The monoisotopic (exact) mass is 327 g/mol. The van der Waals surface area contributed by atoms with E-state index in [1.807, 2.05) is 6.20 Å². The number of pyridine rings is 1. The lowest BCUT2D eigenvalue weighted by Crippen LogP contribution is -2.37. The predicted octanol–water partition coefficient (Wildman–Crippen LogP) is 2.49. The third-order valence-electron chi connectivity index (χ3n) is 3.50. The minimum atomic E-state index is 0.388. The highest BCUT2D eigenvalue weighted by atomic mass is 79.9. The fourth-order valence-electron chi connectivity index (χ4n) is 2.28. The number of hydrogen-bond acceptors (Lipinski definition) is 4. The number of nitrogens with two attached hydrogens (primary N) is 1. The number of aryl methyl sites for hydroxylation is 1. The van der Waals surface area contributed by atoms with Gasteiger partial charge in [0.25, 0.3) is 0 Å². The summed E-state index contributed by atoms with van der Waals surface area (Å²) in [6.45, 7) is 5.62. The first kappa shape index (κ1) is 14.8. The van der Waals surface area contributed by atoms with Crippen molar-refractivity contribution in [2.24, 2.45) is 5.73 Å². The maximum Gasteiger partial charge on any atom is 0.128 e. The normalized spacial score (nSPS) is 16.9. The van der Waals surface area contributed by atoms with Gasteiger partial charge < -0.3 is 15.4 Å². The van der Waals surface area contributed by atoms with E-state index in [9.17, 15) is 0 Å². The van der Waals surface area contributed by atoms with Crippen LogP contribution in [0.25, 0.3) is 0 Å². The Kier molecular flexibility index (Phi) is 5.60. The van der Waals surface area contributed by atoms with Gasteiger partial charge in [0.15, 0.2) is 0 Å². The number of hydrogen-bond donors (Lipinski definition) is 1. The third-order valence-corrected chi connectivity index (χ3v) is 4.33. The van der Waals surface area contributed by atoms with E-state index in [1.54, 1.807) is 0 Å². The SMILES string of the molecule is Cc1cc(N2CCC(OCCCN)CC2)ncc1Br. The first-order valence-electron chi connectivity index (χ1n) is 6.89. The molecule has 2 rings (SSSR count). The Hall–Kier alpha value is -0.650. The Bertz CT molecular complexity index is 406. The molecule has 2 N–H and O–H groups in total. The Balaban J connectivity index is 1.84. The second-order valence-electron chi connectivity index (χ2n) is 4.99. The minimum absolute atomic E-state index is 0.388. The standard InChI is InChI=1S/C14H22BrN3O/c1-11-9-14(17-10-13(11)15)18-6-3-12(4-7-18)19-8-2-5-16/h9-10,12H,2-8,16H2,1H3. The van der Waals surface area contributed by atoms with Gasteiger partial charge in [0.1, 0.15) is 5.82 Å². The molecule has 1 aliphatic rings. The van der Waals surface area contributed by atoms with E-state index < -0.39 is 0 Å². The highest BCUT2D eigenvalue weighted by molar-refractivity contribution is 9.10. The first-order valence-corrected chi connectivity index (χ1v) is 7.68. The van der Waals surface area contributed by atoms with E-state index >= 15 is 0 Å². The largest absolute Gasteiger partial charge is 0.378 e. The summed E-state index contributed by atoms with van der Waals surface area (Å²) in [5, 5.41) is 0. The van der Waals surface area contributed by atoms with E-state index in [-0.39, 0.29) is 0 Å². The molecular weight excluding hydrogens is 306 g/mol.